The van der Waals surface area contributed by atoms with Crippen molar-refractivity contribution in [1.82, 2.24) is 10.2 Å². The maximum absolute atomic E-state index is 12.3. The SMILES string of the molecule is CCC(=O)N(Cc1cccc(OC)c1)[C@H](C)C(=O)NCC(C)C. The molecule has 0 unspecified atom stereocenters. The quantitative estimate of drug-likeness (QED) is 0.801. The summed E-state index contributed by atoms with van der Waals surface area (Å²) in [4.78, 5) is 26.2. The number of carbonyl (C=O) groups is 2. The second-order valence-electron chi connectivity index (χ2n) is 6.04. The average Bonchev–Trinajstić information content (AvgIpc) is 2.56. The van der Waals surface area contributed by atoms with Crippen LogP contribution in [-0.4, -0.2) is 36.4 Å². The van der Waals surface area contributed by atoms with E-state index in [1.807, 2.05) is 38.1 Å². The molecule has 1 aromatic rings. The third kappa shape index (κ3) is 5.93. The minimum absolute atomic E-state index is 0.0417. The van der Waals surface area contributed by atoms with E-state index in [-0.39, 0.29) is 11.8 Å². The first kappa shape index (κ1) is 19.0. The fourth-order valence-electron chi connectivity index (χ4n) is 2.21. The summed E-state index contributed by atoms with van der Waals surface area (Å²) in [5.41, 5.74) is 0.939. The summed E-state index contributed by atoms with van der Waals surface area (Å²) in [5, 5.41) is 2.89. The molecule has 5 heteroatoms. The highest BCUT2D eigenvalue weighted by molar-refractivity contribution is 5.87. The average molecular weight is 320 g/mol. The zero-order chi connectivity index (χ0) is 17.4. The highest BCUT2D eigenvalue weighted by atomic mass is 16.5. The van der Waals surface area contributed by atoms with Crippen LogP contribution in [0.25, 0.3) is 0 Å². The van der Waals surface area contributed by atoms with E-state index in [4.69, 9.17) is 4.74 Å². The second kappa shape index (κ2) is 9.18. The minimum Gasteiger partial charge on any atom is -0.497 e. The van der Waals surface area contributed by atoms with E-state index >= 15 is 0 Å². The first-order valence-corrected chi connectivity index (χ1v) is 8.09. The molecule has 0 saturated heterocycles. The smallest absolute Gasteiger partial charge is 0.242 e. The number of ether oxygens (including phenoxy) is 1. The van der Waals surface area contributed by atoms with Crippen LogP contribution in [0, 0.1) is 5.92 Å². The first-order valence-electron chi connectivity index (χ1n) is 8.09. The summed E-state index contributed by atoms with van der Waals surface area (Å²) < 4.78 is 5.21. The van der Waals surface area contributed by atoms with Crippen LogP contribution in [0.3, 0.4) is 0 Å². The van der Waals surface area contributed by atoms with Gasteiger partial charge in [-0.25, -0.2) is 0 Å². The van der Waals surface area contributed by atoms with Crippen molar-refractivity contribution in [2.75, 3.05) is 13.7 Å². The Hall–Kier alpha value is -2.04. The molecule has 0 bridgehead atoms. The van der Waals surface area contributed by atoms with Crippen LogP contribution in [0.5, 0.6) is 5.75 Å². The molecule has 0 aliphatic heterocycles. The van der Waals surface area contributed by atoms with Gasteiger partial charge in [0.1, 0.15) is 11.8 Å². The Morgan fingerprint density at radius 1 is 1.26 bits per heavy atom. The molecule has 0 aromatic heterocycles. The van der Waals surface area contributed by atoms with E-state index in [2.05, 4.69) is 5.32 Å². The van der Waals surface area contributed by atoms with Gasteiger partial charge in [0, 0.05) is 19.5 Å². The van der Waals surface area contributed by atoms with Crippen LogP contribution in [0.15, 0.2) is 24.3 Å². The third-order valence-electron chi connectivity index (χ3n) is 3.64. The topological polar surface area (TPSA) is 58.6 Å². The maximum atomic E-state index is 12.3. The van der Waals surface area contributed by atoms with Gasteiger partial charge in [0.25, 0.3) is 0 Å². The number of nitrogens with zero attached hydrogens (tertiary/aromatic N) is 1. The monoisotopic (exact) mass is 320 g/mol. The van der Waals surface area contributed by atoms with Crippen molar-refractivity contribution in [2.24, 2.45) is 5.92 Å². The lowest BCUT2D eigenvalue weighted by Gasteiger charge is -2.28. The molecule has 0 spiro atoms. The number of carbonyl (C=O) groups excluding carboxylic acids is 2. The van der Waals surface area contributed by atoms with Crippen molar-refractivity contribution in [3.63, 3.8) is 0 Å². The zero-order valence-corrected chi connectivity index (χ0v) is 14.8. The van der Waals surface area contributed by atoms with E-state index in [1.165, 1.54) is 0 Å². The molecule has 0 fully saturated rings. The van der Waals surface area contributed by atoms with Gasteiger partial charge in [-0.3, -0.25) is 9.59 Å². The summed E-state index contributed by atoms with van der Waals surface area (Å²) in [6.07, 6.45) is 0.367. The Bertz CT molecular complexity index is 529. The van der Waals surface area contributed by atoms with Crippen LogP contribution in [0.4, 0.5) is 0 Å². The summed E-state index contributed by atoms with van der Waals surface area (Å²) in [5.74, 6) is 0.951. The summed E-state index contributed by atoms with van der Waals surface area (Å²) in [6.45, 7) is 8.64. The highest BCUT2D eigenvalue weighted by Gasteiger charge is 2.25. The molecule has 0 saturated carbocycles. The van der Waals surface area contributed by atoms with Crippen LogP contribution in [-0.2, 0) is 16.1 Å². The van der Waals surface area contributed by atoms with E-state index in [1.54, 1.807) is 25.9 Å². The third-order valence-corrected chi connectivity index (χ3v) is 3.64. The largest absolute Gasteiger partial charge is 0.497 e. The molecule has 0 aliphatic rings. The predicted octanol–water partition coefficient (Wildman–Crippen LogP) is 2.59. The van der Waals surface area contributed by atoms with Gasteiger partial charge in [0.05, 0.1) is 7.11 Å². The van der Waals surface area contributed by atoms with Gasteiger partial charge in [0.2, 0.25) is 11.8 Å². The lowest BCUT2D eigenvalue weighted by molar-refractivity contribution is -0.140. The Balaban J connectivity index is 2.86. The molecular formula is C18H28N2O3. The predicted molar refractivity (Wildman–Crippen MR) is 91.1 cm³/mol. The maximum Gasteiger partial charge on any atom is 0.242 e. The molecule has 1 N–H and O–H groups in total. The summed E-state index contributed by atoms with van der Waals surface area (Å²) in [7, 11) is 1.61. The molecule has 23 heavy (non-hydrogen) atoms. The molecule has 0 radical (unpaired) electrons. The van der Waals surface area contributed by atoms with Gasteiger partial charge in [-0.1, -0.05) is 32.9 Å². The number of rotatable bonds is 8. The van der Waals surface area contributed by atoms with Crippen molar-refractivity contribution in [2.45, 2.75) is 46.7 Å². The highest BCUT2D eigenvalue weighted by Crippen LogP contribution is 2.16. The van der Waals surface area contributed by atoms with E-state index in [9.17, 15) is 9.59 Å². The van der Waals surface area contributed by atoms with Crippen molar-refractivity contribution < 1.29 is 14.3 Å². The van der Waals surface area contributed by atoms with E-state index in [0.717, 1.165) is 11.3 Å². The van der Waals surface area contributed by atoms with E-state index in [0.29, 0.717) is 25.4 Å². The van der Waals surface area contributed by atoms with Gasteiger partial charge < -0.3 is 15.0 Å². The zero-order valence-electron chi connectivity index (χ0n) is 14.8. The molecule has 1 aromatic carbocycles. The minimum atomic E-state index is -0.507. The van der Waals surface area contributed by atoms with Crippen LogP contribution in [0.1, 0.15) is 39.7 Å². The molecular weight excluding hydrogens is 292 g/mol. The summed E-state index contributed by atoms with van der Waals surface area (Å²) in [6, 6.07) is 7.04. The van der Waals surface area contributed by atoms with Gasteiger partial charge in [-0.15, -0.1) is 0 Å². The number of hydrogen-bond donors (Lipinski definition) is 1. The van der Waals surface area contributed by atoms with Gasteiger partial charge in [-0.2, -0.15) is 0 Å². The molecule has 128 valence electrons. The fourth-order valence-corrected chi connectivity index (χ4v) is 2.21. The fraction of sp³-hybridized carbons (Fsp3) is 0.556. The molecule has 2 amide bonds. The lowest BCUT2D eigenvalue weighted by atomic mass is 10.1. The Morgan fingerprint density at radius 3 is 2.52 bits per heavy atom. The molecule has 1 rings (SSSR count). The van der Waals surface area contributed by atoms with Gasteiger partial charge in [-0.05, 0) is 30.5 Å². The number of benzene rings is 1. The Morgan fingerprint density at radius 2 is 1.96 bits per heavy atom. The number of hydrogen-bond acceptors (Lipinski definition) is 3. The van der Waals surface area contributed by atoms with E-state index < -0.39 is 6.04 Å². The molecule has 0 heterocycles. The van der Waals surface area contributed by atoms with Gasteiger partial charge >= 0.3 is 0 Å². The molecule has 1 atom stereocenters. The lowest BCUT2D eigenvalue weighted by Crippen LogP contribution is -2.48. The normalized spacial score (nSPS) is 11.9. The number of methoxy groups -OCH3 is 1. The number of nitrogens with one attached hydrogen (secondary N) is 1. The van der Waals surface area contributed by atoms with Crippen molar-refractivity contribution in [3.8, 4) is 5.75 Å². The standard InChI is InChI=1S/C18H28N2O3/c1-6-17(21)20(14(4)18(22)19-11-13(2)3)12-15-8-7-9-16(10-15)23-5/h7-10,13-14H,6,11-12H2,1-5H3,(H,19,22)/t14-/m1/s1. The second-order valence-corrected chi connectivity index (χ2v) is 6.04. The Labute approximate surface area is 139 Å². The first-order chi connectivity index (χ1) is 10.9. The van der Waals surface area contributed by atoms with Crippen molar-refractivity contribution in [3.05, 3.63) is 29.8 Å². The number of amides is 2. The summed E-state index contributed by atoms with van der Waals surface area (Å²) >= 11 is 0. The van der Waals surface area contributed by atoms with Crippen LogP contribution < -0.4 is 10.1 Å². The Kier molecular flexibility index (Phi) is 7.59. The van der Waals surface area contributed by atoms with Crippen molar-refractivity contribution in [1.29, 1.82) is 0 Å². The van der Waals surface area contributed by atoms with Crippen molar-refractivity contribution >= 4 is 11.8 Å². The van der Waals surface area contributed by atoms with Gasteiger partial charge in [0.15, 0.2) is 0 Å². The molecule has 0 aliphatic carbocycles. The van der Waals surface area contributed by atoms with Crippen LogP contribution >= 0.6 is 0 Å². The molecule has 5 nitrogen and oxygen atoms in total. The van der Waals surface area contributed by atoms with Crippen LogP contribution in [0.2, 0.25) is 0 Å².